The van der Waals surface area contributed by atoms with Crippen LogP contribution in [0.4, 0.5) is 0 Å². The van der Waals surface area contributed by atoms with E-state index in [9.17, 15) is 4.79 Å². The zero-order valence-electron chi connectivity index (χ0n) is 16.9. The van der Waals surface area contributed by atoms with Gasteiger partial charge < -0.3 is 19.1 Å². The van der Waals surface area contributed by atoms with Gasteiger partial charge >= 0.3 is 0 Å². The van der Waals surface area contributed by atoms with Crippen molar-refractivity contribution in [2.75, 3.05) is 27.4 Å². The molecule has 0 radical (unpaired) electrons. The average molecular weight is 383 g/mol. The molecule has 2 aromatic carbocycles. The molecule has 1 fully saturated rings. The Balaban J connectivity index is 1.66. The Hall–Kier alpha value is -2.69. The number of ether oxygens (including phenoxy) is 3. The number of hydrogen-bond donors (Lipinski definition) is 0. The molecule has 0 bridgehead atoms. The van der Waals surface area contributed by atoms with E-state index in [-0.39, 0.29) is 11.9 Å². The van der Waals surface area contributed by atoms with Crippen LogP contribution in [-0.2, 0) is 11.2 Å². The topological polar surface area (TPSA) is 48.0 Å². The van der Waals surface area contributed by atoms with Crippen molar-refractivity contribution >= 4 is 5.91 Å². The number of carbonyl (C=O) groups is 1. The van der Waals surface area contributed by atoms with Crippen LogP contribution in [-0.4, -0.2) is 38.2 Å². The molecule has 0 aromatic heterocycles. The molecule has 0 aliphatic carbocycles. The van der Waals surface area contributed by atoms with Gasteiger partial charge in [0.15, 0.2) is 0 Å². The van der Waals surface area contributed by atoms with E-state index in [4.69, 9.17) is 14.2 Å². The van der Waals surface area contributed by atoms with Crippen LogP contribution < -0.4 is 14.2 Å². The van der Waals surface area contributed by atoms with Crippen molar-refractivity contribution in [2.24, 2.45) is 0 Å². The van der Waals surface area contributed by atoms with Gasteiger partial charge in [0.25, 0.3) is 0 Å². The molecule has 2 aromatic rings. The van der Waals surface area contributed by atoms with Crippen molar-refractivity contribution in [3.05, 3.63) is 53.6 Å². The van der Waals surface area contributed by atoms with Crippen molar-refractivity contribution in [2.45, 2.75) is 38.6 Å². The lowest BCUT2D eigenvalue weighted by molar-refractivity contribution is -0.132. The summed E-state index contributed by atoms with van der Waals surface area (Å²) in [5.74, 6) is 2.61. The van der Waals surface area contributed by atoms with E-state index in [0.717, 1.165) is 42.2 Å². The molecule has 1 aliphatic heterocycles. The molecular formula is C23H29NO4. The summed E-state index contributed by atoms with van der Waals surface area (Å²) in [7, 11) is 3.29. The quantitative estimate of drug-likeness (QED) is 0.678. The first-order chi connectivity index (χ1) is 13.7. The second-order valence-corrected chi connectivity index (χ2v) is 6.92. The number of aryl methyl sites for hydroxylation is 1. The summed E-state index contributed by atoms with van der Waals surface area (Å²) in [6, 6.07) is 14.0. The molecule has 150 valence electrons. The highest BCUT2D eigenvalue weighted by Crippen LogP contribution is 2.34. The number of hydrogen-bond acceptors (Lipinski definition) is 4. The molecule has 1 unspecified atom stereocenters. The third-order valence-corrected chi connectivity index (χ3v) is 5.24. The fourth-order valence-corrected chi connectivity index (χ4v) is 3.83. The lowest BCUT2D eigenvalue weighted by atomic mass is 10.0. The first-order valence-electron chi connectivity index (χ1n) is 9.89. The second-order valence-electron chi connectivity index (χ2n) is 6.92. The number of nitrogens with zero attached hydrogens (tertiary/aromatic N) is 1. The lowest BCUT2D eigenvalue weighted by Crippen LogP contribution is -2.30. The third-order valence-electron chi connectivity index (χ3n) is 5.24. The van der Waals surface area contributed by atoms with Gasteiger partial charge in [-0.1, -0.05) is 12.1 Å². The SMILES string of the molecule is CCOc1ccc(C2CCCN2C(=O)CCc2cc(OC)ccc2OC)cc1. The molecule has 1 heterocycles. The molecule has 3 rings (SSSR count). The zero-order valence-corrected chi connectivity index (χ0v) is 16.9. The van der Waals surface area contributed by atoms with Gasteiger partial charge in [-0.25, -0.2) is 0 Å². The van der Waals surface area contributed by atoms with Gasteiger partial charge in [0, 0.05) is 13.0 Å². The minimum absolute atomic E-state index is 0.149. The maximum atomic E-state index is 13.0. The van der Waals surface area contributed by atoms with Crippen LogP contribution in [0, 0.1) is 0 Å². The minimum atomic E-state index is 0.149. The van der Waals surface area contributed by atoms with Crippen LogP contribution in [0.1, 0.15) is 43.4 Å². The molecule has 1 atom stereocenters. The Morgan fingerprint density at radius 2 is 1.82 bits per heavy atom. The molecule has 1 aliphatic rings. The summed E-state index contributed by atoms with van der Waals surface area (Å²) in [5.41, 5.74) is 2.17. The Labute approximate surface area is 167 Å². The number of amides is 1. The van der Waals surface area contributed by atoms with Gasteiger partial charge in [-0.05, 0) is 67.6 Å². The predicted molar refractivity (Wildman–Crippen MR) is 109 cm³/mol. The number of rotatable bonds is 8. The average Bonchev–Trinajstić information content (AvgIpc) is 3.22. The molecule has 1 saturated heterocycles. The minimum Gasteiger partial charge on any atom is -0.497 e. The zero-order chi connectivity index (χ0) is 19.9. The Bertz CT molecular complexity index is 788. The van der Waals surface area contributed by atoms with Gasteiger partial charge in [0.2, 0.25) is 5.91 Å². The Kier molecular flexibility index (Phi) is 6.80. The van der Waals surface area contributed by atoms with Gasteiger partial charge in [-0.15, -0.1) is 0 Å². The number of benzene rings is 2. The van der Waals surface area contributed by atoms with Gasteiger partial charge in [-0.2, -0.15) is 0 Å². The maximum absolute atomic E-state index is 13.0. The van der Waals surface area contributed by atoms with Crippen LogP contribution >= 0.6 is 0 Å². The summed E-state index contributed by atoms with van der Waals surface area (Å²) >= 11 is 0. The summed E-state index contributed by atoms with van der Waals surface area (Å²) in [5, 5.41) is 0. The normalized spacial score (nSPS) is 16.1. The van der Waals surface area contributed by atoms with Crippen molar-refractivity contribution in [3.8, 4) is 17.2 Å². The predicted octanol–water partition coefficient (Wildman–Crippen LogP) is 4.40. The van der Waals surface area contributed by atoms with Crippen LogP contribution in [0.5, 0.6) is 17.2 Å². The molecular weight excluding hydrogens is 354 g/mol. The van der Waals surface area contributed by atoms with E-state index in [2.05, 4.69) is 12.1 Å². The molecule has 0 saturated carbocycles. The van der Waals surface area contributed by atoms with E-state index in [1.54, 1.807) is 14.2 Å². The summed E-state index contributed by atoms with van der Waals surface area (Å²) in [4.78, 5) is 15.0. The lowest BCUT2D eigenvalue weighted by Gasteiger charge is -2.25. The smallest absolute Gasteiger partial charge is 0.223 e. The molecule has 5 heteroatoms. The van der Waals surface area contributed by atoms with E-state index < -0.39 is 0 Å². The fourth-order valence-electron chi connectivity index (χ4n) is 3.83. The monoisotopic (exact) mass is 383 g/mol. The van der Waals surface area contributed by atoms with Crippen molar-refractivity contribution in [1.29, 1.82) is 0 Å². The second kappa shape index (κ2) is 9.49. The largest absolute Gasteiger partial charge is 0.497 e. The van der Waals surface area contributed by atoms with Crippen LogP contribution in [0.3, 0.4) is 0 Å². The van der Waals surface area contributed by atoms with Crippen LogP contribution in [0.2, 0.25) is 0 Å². The standard InChI is InChI=1S/C23H29NO4/c1-4-28-19-10-7-17(8-11-19)21-6-5-15-24(21)23(25)14-9-18-16-20(26-2)12-13-22(18)27-3/h7-8,10-13,16,21H,4-6,9,14-15H2,1-3H3. The van der Waals surface area contributed by atoms with Crippen LogP contribution in [0.25, 0.3) is 0 Å². The highest BCUT2D eigenvalue weighted by molar-refractivity contribution is 5.77. The van der Waals surface area contributed by atoms with Crippen molar-refractivity contribution < 1.29 is 19.0 Å². The van der Waals surface area contributed by atoms with Crippen molar-refractivity contribution in [1.82, 2.24) is 4.90 Å². The van der Waals surface area contributed by atoms with E-state index in [1.165, 1.54) is 5.56 Å². The van der Waals surface area contributed by atoms with Crippen LogP contribution in [0.15, 0.2) is 42.5 Å². The number of methoxy groups -OCH3 is 2. The molecule has 28 heavy (non-hydrogen) atoms. The van der Waals surface area contributed by atoms with E-state index in [1.807, 2.05) is 42.2 Å². The Morgan fingerprint density at radius 3 is 2.50 bits per heavy atom. The Morgan fingerprint density at radius 1 is 1.07 bits per heavy atom. The van der Waals surface area contributed by atoms with Gasteiger partial charge in [0.05, 0.1) is 26.9 Å². The highest BCUT2D eigenvalue weighted by Gasteiger charge is 2.29. The van der Waals surface area contributed by atoms with Gasteiger partial charge in [-0.3, -0.25) is 4.79 Å². The summed E-state index contributed by atoms with van der Waals surface area (Å²) in [6.45, 7) is 3.44. The first kappa shape index (κ1) is 20.1. The molecule has 0 spiro atoms. The number of likely N-dealkylation sites (tertiary alicyclic amines) is 1. The van der Waals surface area contributed by atoms with Crippen molar-refractivity contribution in [3.63, 3.8) is 0 Å². The summed E-state index contributed by atoms with van der Waals surface area (Å²) < 4.78 is 16.3. The molecule has 0 N–H and O–H groups in total. The third kappa shape index (κ3) is 4.58. The highest BCUT2D eigenvalue weighted by atomic mass is 16.5. The first-order valence-corrected chi connectivity index (χ1v) is 9.89. The fraction of sp³-hybridized carbons (Fsp3) is 0.435. The summed E-state index contributed by atoms with van der Waals surface area (Å²) in [6.07, 6.45) is 3.12. The molecule has 1 amide bonds. The molecule has 5 nitrogen and oxygen atoms in total. The number of carbonyl (C=O) groups excluding carboxylic acids is 1. The maximum Gasteiger partial charge on any atom is 0.223 e. The van der Waals surface area contributed by atoms with E-state index >= 15 is 0 Å². The van der Waals surface area contributed by atoms with Gasteiger partial charge in [0.1, 0.15) is 17.2 Å². The van der Waals surface area contributed by atoms with E-state index in [0.29, 0.717) is 19.4 Å².